The predicted molar refractivity (Wildman–Crippen MR) is 599 cm³/mol. The van der Waals surface area contributed by atoms with Gasteiger partial charge >= 0.3 is 0 Å². The van der Waals surface area contributed by atoms with Crippen LogP contribution in [0.1, 0.15) is 0 Å². The molecular formula is C132H81N3O3S3. The van der Waals surface area contributed by atoms with E-state index in [9.17, 15) is 0 Å². The van der Waals surface area contributed by atoms with Gasteiger partial charge in [0.05, 0.1) is 47.2 Å². The zero-order valence-electron chi connectivity index (χ0n) is 76.1. The molecule has 9 heterocycles. The SMILES string of the molecule is c1ccc(-c2ccc3c(c2)oc2cc(-c4ccccc4-c4ccc5sc6c7ccccc7n(-c7ccccc7)c6c5c4)ccc23)cc1.c1ccc(-c2ccc3oc4c(-c5ccccc5-c5ccc6sc7c8ccccc8n(-c8ccccc8)c7c6c5)cccc4c3c2)cc1.c1ccc(-c2cccc3c2oc2cccc(-c4ccccc4-c4ccc5sc6c7ccccc7n(-c7ccccc7)c6c5c4)c23)cc1. The Balaban J connectivity index is 0.000000104. The van der Waals surface area contributed by atoms with E-state index in [0.29, 0.717) is 0 Å². The quantitative estimate of drug-likeness (QED) is 0.122. The Bertz CT molecular complexity index is 10200. The Kier molecular flexibility index (Phi) is 19.5. The molecule has 0 saturated carbocycles. The van der Waals surface area contributed by atoms with E-state index >= 15 is 0 Å². The monoisotopic (exact) mass is 1850 g/mol. The summed E-state index contributed by atoms with van der Waals surface area (Å²) >= 11 is 5.64. The molecule has 0 bridgehead atoms. The number of aromatic nitrogens is 3. The largest absolute Gasteiger partial charge is 0.456 e. The lowest BCUT2D eigenvalue weighted by molar-refractivity contribution is 0.669. The number of nitrogens with zero attached hydrogens (tertiary/aromatic N) is 3. The lowest BCUT2D eigenvalue weighted by Gasteiger charge is -2.12. The van der Waals surface area contributed by atoms with Crippen molar-refractivity contribution in [3.05, 3.63) is 491 Å². The second kappa shape index (κ2) is 33.6. The molecule has 30 aromatic rings. The summed E-state index contributed by atoms with van der Waals surface area (Å²) in [5.74, 6) is 0. The minimum Gasteiger partial charge on any atom is -0.456 e. The molecule has 141 heavy (non-hydrogen) atoms. The summed E-state index contributed by atoms with van der Waals surface area (Å²) in [7, 11) is 0. The number of rotatable bonds is 12. The first kappa shape index (κ1) is 81.6. The molecule has 0 spiro atoms. The summed E-state index contributed by atoms with van der Waals surface area (Å²) in [5.41, 5.74) is 37.7. The Morgan fingerprint density at radius 3 is 0.943 bits per heavy atom. The smallest absolute Gasteiger partial charge is 0.143 e. The highest BCUT2D eigenvalue weighted by atomic mass is 32.1. The van der Waals surface area contributed by atoms with Crippen molar-refractivity contribution >= 4 is 193 Å². The molecular weight excluding hydrogens is 1770 g/mol. The molecule has 6 nitrogen and oxygen atoms in total. The van der Waals surface area contributed by atoms with Crippen molar-refractivity contribution in [3.8, 4) is 117 Å². The second-order valence-electron chi connectivity index (χ2n) is 36.3. The number of benzene rings is 21. The number of para-hydroxylation sites is 8. The van der Waals surface area contributed by atoms with Crippen molar-refractivity contribution in [2.45, 2.75) is 0 Å². The lowest BCUT2D eigenvalue weighted by Crippen LogP contribution is -1.93. The van der Waals surface area contributed by atoms with Crippen LogP contribution in [0.25, 0.3) is 277 Å². The van der Waals surface area contributed by atoms with E-state index in [1.165, 1.54) is 177 Å². The topological polar surface area (TPSA) is 54.2 Å². The zero-order valence-corrected chi connectivity index (χ0v) is 78.5. The van der Waals surface area contributed by atoms with Gasteiger partial charge in [0.2, 0.25) is 0 Å². The number of fused-ring (bicyclic) bond motifs is 24. The van der Waals surface area contributed by atoms with Crippen molar-refractivity contribution in [1.82, 2.24) is 13.7 Å². The van der Waals surface area contributed by atoms with Crippen molar-refractivity contribution in [3.63, 3.8) is 0 Å². The first-order valence-corrected chi connectivity index (χ1v) is 50.2. The molecule has 30 rings (SSSR count). The van der Waals surface area contributed by atoms with Crippen LogP contribution >= 0.6 is 34.0 Å². The van der Waals surface area contributed by atoms with Crippen LogP contribution in [0.5, 0.6) is 0 Å². The van der Waals surface area contributed by atoms with Gasteiger partial charge in [0, 0.05) is 107 Å². The number of hydrogen-bond donors (Lipinski definition) is 0. The molecule has 660 valence electrons. The highest BCUT2D eigenvalue weighted by Gasteiger charge is 2.27. The van der Waals surface area contributed by atoms with Crippen LogP contribution < -0.4 is 0 Å². The molecule has 0 aliphatic heterocycles. The van der Waals surface area contributed by atoms with Crippen LogP contribution in [0.4, 0.5) is 0 Å². The molecule has 9 heteroatoms. The molecule has 0 saturated heterocycles. The van der Waals surface area contributed by atoms with Gasteiger partial charge in [-0.15, -0.1) is 34.0 Å². The van der Waals surface area contributed by atoms with E-state index in [4.69, 9.17) is 13.3 Å². The Hall–Kier alpha value is -17.7. The zero-order chi connectivity index (χ0) is 92.7. The minimum atomic E-state index is 0.901. The maximum Gasteiger partial charge on any atom is 0.143 e. The molecule has 0 unspecified atom stereocenters. The minimum absolute atomic E-state index is 0.901. The summed E-state index contributed by atoms with van der Waals surface area (Å²) in [5, 5.41) is 14.5. The van der Waals surface area contributed by atoms with Crippen molar-refractivity contribution in [2.24, 2.45) is 0 Å². The first-order chi connectivity index (χ1) is 69.9. The molecule has 0 radical (unpaired) electrons. The van der Waals surface area contributed by atoms with Crippen LogP contribution in [-0.4, -0.2) is 13.7 Å². The lowest BCUT2D eigenvalue weighted by atomic mass is 9.91. The van der Waals surface area contributed by atoms with E-state index in [2.05, 4.69) is 499 Å². The average molecular weight is 1850 g/mol. The third kappa shape index (κ3) is 13.6. The Morgan fingerprint density at radius 1 is 0.156 bits per heavy atom. The fourth-order valence-corrected chi connectivity index (χ4v) is 25.5. The van der Waals surface area contributed by atoms with Crippen LogP contribution in [0.3, 0.4) is 0 Å². The number of furan rings is 3. The van der Waals surface area contributed by atoms with Gasteiger partial charge in [-0.3, -0.25) is 0 Å². The molecule has 0 N–H and O–H groups in total. The van der Waals surface area contributed by atoms with E-state index in [1.54, 1.807) is 0 Å². The van der Waals surface area contributed by atoms with Gasteiger partial charge in [-0.05, 0) is 222 Å². The molecule has 0 aliphatic rings. The van der Waals surface area contributed by atoms with Crippen molar-refractivity contribution in [2.75, 3.05) is 0 Å². The van der Waals surface area contributed by atoms with Gasteiger partial charge in [0.25, 0.3) is 0 Å². The van der Waals surface area contributed by atoms with Gasteiger partial charge in [-0.1, -0.05) is 358 Å². The standard InChI is InChI=1S/3C44H27NOS/c1-3-13-28(14-4-1)32-20-11-22-36-41-34(21-12-24-39(41)46-43(32)36)33-18-8-7-17-31(33)29-25-26-40-37(27-29)42-44(47-40)35-19-9-10-23-38(35)45(42)30-15-5-2-6-16-30;1-3-12-28(13-4-1)29-22-24-40-37(26-29)35-20-11-19-34(43(35)46-40)33-17-8-7-16-32(33)30-23-25-41-38(27-30)42-44(47-41)36-18-9-10-21-39(36)45(42)31-14-5-2-6-15-31;1-3-11-28(12-4-1)29-19-22-35-36-23-20-31(27-41(36)46-40(35)26-29)34-16-8-7-15-33(34)30-21-24-42-38(25-30)43-44(47-42)37-17-9-10-18-39(37)45(43)32-13-5-2-6-14-32/h3*1-27H. The Morgan fingerprint density at radius 2 is 0.468 bits per heavy atom. The molecule has 0 atom stereocenters. The third-order valence-corrected chi connectivity index (χ3v) is 31.8. The predicted octanol–water partition coefficient (Wildman–Crippen LogP) is 38.7. The van der Waals surface area contributed by atoms with E-state index in [0.717, 1.165) is 99.2 Å². The second-order valence-corrected chi connectivity index (χ2v) is 39.4. The Labute approximate surface area is 822 Å². The molecule has 0 aliphatic carbocycles. The van der Waals surface area contributed by atoms with E-state index in [-0.39, 0.29) is 0 Å². The third-order valence-electron chi connectivity index (χ3n) is 28.3. The van der Waals surface area contributed by atoms with Crippen LogP contribution in [0.15, 0.2) is 505 Å². The maximum atomic E-state index is 6.63. The first-order valence-electron chi connectivity index (χ1n) is 47.8. The van der Waals surface area contributed by atoms with Crippen molar-refractivity contribution in [1.29, 1.82) is 0 Å². The molecule has 21 aromatic carbocycles. The van der Waals surface area contributed by atoms with Gasteiger partial charge in [-0.2, -0.15) is 0 Å². The maximum absolute atomic E-state index is 6.63. The van der Waals surface area contributed by atoms with Crippen molar-refractivity contribution < 1.29 is 13.3 Å². The van der Waals surface area contributed by atoms with Crippen LogP contribution in [0, 0.1) is 0 Å². The summed E-state index contributed by atoms with van der Waals surface area (Å²) in [4.78, 5) is 0. The fourth-order valence-electron chi connectivity index (χ4n) is 21.9. The molecule has 0 amide bonds. The number of thiophene rings is 3. The van der Waals surface area contributed by atoms with Crippen LogP contribution in [-0.2, 0) is 0 Å². The normalized spacial score (nSPS) is 11.8. The van der Waals surface area contributed by atoms with E-state index in [1.807, 2.05) is 40.1 Å². The van der Waals surface area contributed by atoms with E-state index < -0.39 is 0 Å². The molecule has 0 fully saturated rings. The van der Waals surface area contributed by atoms with Gasteiger partial charge < -0.3 is 27.0 Å². The highest BCUT2D eigenvalue weighted by Crippen LogP contribution is 2.52. The summed E-state index contributed by atoms with van der Waals surface area (Å²) < 4.78 is 34.9. The molecule has 9 aromatic heterocycles. The van der Waals surface area contributed by atoms with Crippen LogP contribution in [0.2, 0.25) is 0 Å². The summed E-state index contributed by atoms with van der Waals surface area (Å²) in [6.07, 6.45) is 0. The summed E-state index contributed by atoms with van der Waals surface area (Å²) in [6, 6.07) is 176. The van der Waals surface area contributed by atoms with Gasteiger partial charge in [-0.25, -0.2) is 0 Å². The average Bonchev–Trinajstić information content (AvgIpc) is 1.57. The fraction of sp³-hybridized carbons (Fsp3) is 0. The van der Waals surface area contributed by atoms with Gasteiger partial charge in [0.1, 0.15) is 33.5 Å². The number of hydrogen-bond acceptors (Lipinski definition) is 6. The van der Waals surface area contributed by atoms with Gasteiger partial charge in [0.15, 0.2) is 0 Å². The highest BCUT2D eigenvalue weighted by molar-refractivity contribution is 7.27. The summed E-state index contributed by atoms with van der Waals surface area (Å²) in [6.45, 7) is 0.